The molecule has 4 nitrogen and oxygen atoms in total. The van der Waals surface area contributed by atoms with Crippen LogP contribution < -0.4 is 5.32 Å². The molecule has 2 aromatic rings. The van der Waals surface area contributed by atoms with E-state index in [1.165, 1.54) is 25.7 Å². The van der Waals surface area contributed by atoms with Gasteiger partial charge in [0.05, 0.1) is 11.9 Å². The molecule has 0 amide bonds. The minimum absolute atomic E-state index is 0.531. The summed E-state index contributed by atoms with van der Waals surface area (Å²) >= 11 is 0. The molecule has 1 aliphatic rings. The van der Waals surface area contributed by atoms with Crippen molar-refractivity contribution in [2.24, 2.45) is 5.92 Å². The van der Waals surface area contributed by atoms with Gasteiger partial charge in [0.2, 0.25) is 0 Å². The van der Waals surface area contributed by atoms with Crippen molar-refractivity contribution in [3.8, 4) is 5.82 Å². The standard InChI is InChI=1S/C15H20N4/c1-12(13-4-2-3-5-13)18-14-6-7-15(17-10-14)19-9-8-16-11-19/h6-13,18H,2-5H2,1H3. The van der Waals surface area contributed by atoms with Gasteiger partial charge in [-0.2, -0.15) is 0 Å². The van der Waals surface area contributed by atoms with Gasteiger partial charge in [0.15, 0.2) is 0 Å². The number of rotatable bonds is 4. The summed E-state index contributed by atoms with van der Waals surface area (Å²) in [5, 5.41) is 3.57. The number of hydrogen-bond acceptors (Lipinski definition) is 3. The molecule has 0 spiro atoms. The highest BCUT2D eigenvalue weighted by Crippen LogP contribution is 2.29. The van der Waals surface area contributed by atoms with E-state index in [2.05, 4.69) is 28.3 Å². The van der Waals surface area contributed by atoms with Gasteiger partial charge in [0.25, 0.3) is 0 Å². The van der Waals surface area contributed by atoms with E-state index in [0.717, 1.165) is 17.4 Å². The lowest BCUT2D eigenvalue weighted by Crippen LogP contribution is -2.23. The predicted molar refractivity (Wildman–Crippen MR) is 76.4 cm³/mol. The molecule has 1 N–H and O–H groups in total. The van der Waals surface area contributed by atoms with Crippen LogP contribution in [0.15, 0.2) is 37.1 Å². The molecule has 0 bridgehead atoms. The number of anilines is 1. The maximum absolute atomic E-state index is 4.46. The van der Waals surface area contributed by atoms with Crippen LogP contribution in [0.2, 0.25) is 0 Å². The molecule has 2 heterocycles. The van der Waals surface area contributed by atoms with Gasteiger partial charge in [-0.15, -0.1) is 0 Å². The van der Waals surface area contributed by atoms with Crippen LogP contribution in [0, 0.1) is 5.92 Å². The Bertz CT molecular complexity index is 497. The molecule has 0 radical (unpaired) electrons. The lowest BCUT2D eigenvalue weighted by Gasteiger charge is -2.21. The summed E-state index contributed by atoms with van der Waals surface area (Å²) < 4.78 is 1.91. The van der Waals surface area contributed by atoms with Crippen LogP contribution in [-0.2, 0) is 0 Å². The minimum atomic E-state index is 0.531. The number of aromatic nitrogens is 3. The summed E-state index contributed by atoms with van der Waals surface area (Å²) in [6.45, 7) is 2.28. The zero-order valence-corrected chi connectivity index (χ0v) is 11.3. The molecule has 1 saturated carbocycles. The van der Waals surface area contributed by atoms with E-state index >= 15 is 0 Å². The van der Waals surface area contributed by atoms with Gasteiger partial charge >= 0.3 is 0 Å². The van der Waals surface area contributed by atoms with Crippen LogP contribution >= 0.6 is 0 Å². The number of nitrogens with zero attached hydrogens (tertiary/aromatic N) is 3. The van der Waals surface area contributed by atoms with Gasteiger partial charge in [-0.3, -0.25) is 4.57 Å². The Morgan fingerprint density at radius 3 is 2.79 bits per heavy atom. The first-order chi connectivity index (χ1) is 9.33. The zero-order chi connectivity index (χ0) is 13.1. The fourth-order valence-corrected chi connectivity index (χ4v) is 2.86. The van der Waals surface area contributed by atoms with Gasteiger partial charge < -0.3 is 5.32 Å². The van der Waals surface area contributed by atoms with Crippen LogP contribution in [0.5, 0.6) is 0 Å². The van der Waals surface area contributed by atoms with Crippen molar-refractivity contribution in [1.82, 2.24) is 14.5 Å². The molecule has 1 aliphatic carbocycles. The third-order valence-corrected chi connectivity index (χ3v) is 4.02. The van der Waals surface area contributed by atoms with E-state index in [-0.39, 0.29) is 0 Å². The molecule has 0 aromatic carbocycles. The van der Waals surface area contributed by atoms with Crippen molar-refractivity contribution >= 4 is 5.69 Å². The maximum Gasteiger partial charge on any atom is 0.137 e. The van der Waals surface area contributed by atoms with Crippen molar-refractivity contribution in [1.29, 1.82) is 0 Å². The molecule has 1 fully saturated rings. The minimum Gasteiger partial charge on any atom is -0.381 e. The van der Waals surface area contributed by atoms with E-state index in [4.69, 9.17) is 0 Å². The number of imidazole rings is 1. The molecule has 0 saturated heterocycles. The predicted octanol–water partition coefficient (Wildman–Crippen LogP) is 3.26. The molecule has 19 heavy (non-hydrogen) atoms. The molecular formula is C15H20N4. The van der Waals surface area contributed by atoms with Gasteiger partial charge in [-0.05, 0) is 37.8 Å². The molecule has 100 valence electrons. The van der Waals surface area contributed by atoms with Crippen LogP contribution in [0.3, 0.4) is 0 Å². The fourth-order valence-electron chi connectivity index (χ4n) is 2.86. The smallest absolute Gasteiger partial charge is 0.137 e. The van der Waals surface area contributed by atoms with Gasteiger partial charge in [-0.25, -0.2) is 9.97 Å². The van der Waals surface area contributed by atoms with Gasteiger partial charge in [0, 0.05) is 18.4 Å². The Balaban J connectivity index is 1.65. The van der Waals surface area contributed by atoms with Crippen molar-refractivity contribution in [2.45, 2.75) is 38.6 Å². The Hall–Kier alpha value is -1.84. The average molecular weight is 256 g/mol. The maximum atomic E-state index is 4.46. The Morgan fingerprint density at radius 1 is 1.32 bits per heavy atom. The van der Waals surface area contributed by atoms with E-state index < -0.39 is 0 Å². The van der Waals surface area contributed by atoms with Crippen molar-refractivity contribution in [3.05, 3.63) is 37.1 Å². The van der Waals surface area contributed by atoms with Gasteiger partial charge in [0.1, 0.15) is 12.1 Å². The summed E-state index contributed by atoms with van der Waals surface area (Å²) in [5.74, 6) is 1.71. The van der Waals surface area contributed by atoms with E-state index in [1.54, 1.807) is 12.5 Å². The monoisotopic (exact) mass is 256 g/mol. The first-order valence-corrected chi connectivity index (χ1v) is 7.04. The highest BCUT2D eigenvalue weighted by Gasteiger charge is 2.21. The van der Waals surface area contributed by atoms with Crippen molar-refractivity contribution in [2.75, 3.05) is 5.32 Å². The summed E-state index contributed by atoms with van der Waals surface area (Å²) in [7, 11) is 0. The number of pyridine rings is 1. The molecule has 3 rings (SSSR count). The average Bonchev–Trinajstić information content (AvgIpc) is 3.13. The summed E-state index contributed by atoms with van der Waals surface area (Å²) in [6, 6.07) is 4.64. The van der Waals surface area contributed by atoms with E-state index in [9.17, 15) is 0 Å². The van der Waals surface area contributed by atoms with Crippen LogP contribution in [0.4, 0.5) is 5.69 Å². The normalized spacial score (nSPS) is 17.5. The quantitative estimate of drug-likeness (QED) is 0.913. The van der Waals surface area contributed by atoms with E-state index in [1.807, 2.05) is 23.0 Å². The zero-order valence-electron chi connectivity index (χ0n) is 11.3. The lowest BCUT2D eigenvalue weighted by molar-refractivity contribution is 0.482. The Labute approximate surface area is 113 Å². The first kappa shape index (κ1) is 12.2. The highest BCUT2D eigenvalue weighted by atomic mass is 15.1. The Morgan fingerprint density at radius 2 is 2.16 bits per heavy atom. The lowest BCUT2D eigenvalue weighted by atomic mass is 10.00. The van der Waals surface area contributed by atoms with Crippen molar-refractivity contribution < 1.29 is 0 Å². The summed E-state index contributed by atoms with van der Waals surface area (Å²) in [5.41, 5.74) is 1.10. The number of hydrogen-bond donors (Lipinski definition) is 1. The first-order valence-electron chi connectivity index (χ1n) is 7.04. The highest BCUT2D eigenvalue weighted by molar-refractivity contribution is 5.44. The largest absolute Gasteiger partial charge is 0.381 e. The molecule has 0 aliphatic heterocycles. The van der Waals surface area contributed by atoms with Crippen molar-refractivity contribution in [3.63, 3.8) is 0 Å². The van der Waals surface area contributed by atoms with Crippen LogP contribution in [-0.4, -0.2) is 20.6 Å². The molecule has 1 unspecified atom stereocenters. The third-order valence-electron chi connectivity index (χ3n) is 4.02. The van der Waals surface area contributed by atoms with E-state index in [0.29, 0.717) is 6.04 Å². The molecule has 1 atom stereocenters. The Kier molecular flexibility index (Phi) is 3.49. The van der Waals surface area contributed by atoms with Crippen LogP contribution in [0.1, 0.15) is 32.6 Å². The molecule has 4 heteroatoms. The van der Waals surface area contributed by atoms with Gasteiger partial charge in [-0.1, -0.05) is 12.8 Å². The second kappa shape index (κ2) is 5.43. The summed E-state index contributed by atoms with van der Waals surface area (Å²) in [6.07, 6.45) is 12.8. The summed E-state index contributed by atoms with van der Waals surface area (Å²) in [4.78, 5) is 8.49. The SMILES string of the molecule is CC(Nc1ccc(-n2ccnc2)nc1)C1CCCC1. The molecular weight excluding hydrogens is 236 g/mol. The second-order valence-electron chi connectivity index (χ2n) is 5.35. The third kappa shape index (κ3) is 2.78. The fraction of sp³-hybridized carbons (Fsp3) is 0.467. The second-order valence-corrected chi connectivity index (χ2v) is 5.35. The van der Waals surface area contributed by atoms with Crippen LogP contribution in [0.25, 0.3) is 5.82 Å². The number of nitrogens with one attached hydrogen (secondary N) is 1. The topological polar surface area (TPSA) is 42.7 Å². The molecule has 2 aromatic heterocycles.